The molecule has 0 bridgehead atoms. The summed E-state index contributed by atoms with van der Waals surface area (Å²) < 4.78 is 20.3. The molecule has 19 nitrogen and oxygen atoms in total. The maximum absolute atomic E-state index is 13.7. The van der Waals surface area contributed by atoms with Crippen LogP contribution in [0.2, 0.25) is 0 Å². The summed E-state index contributed by atoms with van der Waals surface area (Å²) in [5.41, 5.74) is 2.56. The molecule has 2 aliphatic heterocycles. The zero-order valence-electron chi connectivity index (χ0n) is 39.3. The molecule has 4 aromatic heterocycles. The second kappa shape index (κ2) is 24.6. The average molecular weight is 941 g/mol. The average Bonchev–Trinajstić information content (AvgIpc) is 3.39. The van der Waals surface area contributed by atoms with Gasteiger partial charge in [0.1, 0.15) is 34.3 Å². The first-order chi connectivity index (χ1) is 33.5. The highest BCUT2D eigenvalue weighted by atomic mass is 16.5. The van der Waals surface area contributed by atoms with Gasteiger partial charge in [-0.15, -0.1) is 0 Å². The number of nitrogens with zero attached hydrogens (tertiary/aromatic N) is 7. The van der Waals surface area contributed by atoms with E-state index in [2.05, 4.69) is 52.8 Å². The van der Waals surface area contributed by atoms with Crippen LogP contribution in [0.4, 0.5) is 11.6 Å². The number of esters is 2. The summed E-state index contributed by atoms with van der Waals surface area (Å²) in [6, 6.07) is 21.4. The lowest BCUT2D eigenvalue weighted by Gasteiger charge is -2.39. The number of piperidine rings is 2. The second-order valence-electron chi connectivity index (χ2n) is 16.0. The van der Waals surface area contributed by atoms with Crippen molar-refractivity contribution >= 4 is 35.5 Å². The number of aromatic carboxylic acids is 1. The highest BCUT2D eigenvalue weighted by Crippen LogP contribution is 2.30. The number of methoxy groups -OCH3 is 4. The van der Waals surface area contributed by atoms with Crippen LogP contribution in [0.3, 0.4) is 0 Å². The lowest BCUT2D eigenvalue weighted by atomic mass is 9.96. The Balaban J connectivity index is 0.000000188. The first-order valence-electron chi connectivity index (χ1n) is 22.2. The summed E-state index contributed by atoms with van der Waals surface area (Å²) >= 11 is 0. The third-order valence-electron chi connectivity index (χ3n) is 11.5. The molecule has 69 heavy (non-hydrogen) atoms. The van der Waals surface area contributed by atoms with Crippen molar-refractivity contribution in [2.75, 3.05) is 52.2 Å². The highest BCUT2D eigenvalue weighted by molar-refractivity contribution is 6.01. The molecule has 2 aromatic carbocycles. The van der Waals surface area contributed by atoms with Crippen molar-refractivity contribution in [1.29, 1.82) is 0 Å². The van der Waals surface area contributed by atoms with E-state index >= 15 is 0 Å². The Hall–Kier alpha value is -8.06. The molecule has 0 aliphatic carbocycles. The number of nitrogens with one attached hydrogen (secondary N) is 3. The van der Waals surface area contributed by atoms with Crippen LogP contribution in [0.25, 0.3) is 22.8 Å². The first kappa shape index (κ1) is 50.4. The quantitative estimate of drug-likeness (QED) is 0.0932. The monoisotopic (exact) mass is 940 g/mol. The van der Waals surface area contributed by atoms with Gasteiger partial charge in [0.05, 0.1) is 39.6 Å². The molecule has 0 radical (unpaired) electrons. The van der Waals surface area contributed by atoms with Crippen molar-refractivity contribution in [3.05, 3.63) is 132 Å². The molecule has 19 heteroatoms. The SMILES string of the molecule is COC(=O)c1c(OC)ccnc1N[C@@H]1CC[C@@H](C)N(C(=O)c2ccccc2-c2ncccn2)C1.COC(=O)c1c(OC)ccnc1N[C@@H]1CC[C@@H](C)NC1.O=C(O)c1ccccc1-c1ncccn1. The number of hydrogen-bond acceptors (Lipinski definition) is 17. The Morgan fingerprint density at radius 3 is 1.55 bits per heavy atom. The van der Waals surface area contributed by atoms with Crippen LogP contribution in [-0.2, 0) is 9.47 Å². The normalized spacial score (nSPS) is 17.3. The molecule has 0 spiro atoms. The molecular weight excluding hydrogens is 885 g/mol. The molecule has 0 unspecified atom stereocenters. The first-order valence-corrected chi connectivity index (χ1v) is 22.2. The predicted molar refractivity (Wildman–Crippen MR) is 257 cm³/mol. The van der Waals surface area contributed by atoms with Crippen molar-refractivity contribution < 1.29 is 43.2 Å². The van der Waals surface area contributed by atoms with E-state index in [9.17, 15) is 19.2 Å². The molecule has 0 saturated carbocycles. The highest BCUT2D eigenvalue weighted by Gasteiger charge is 2.32. The number of rotatable bonds is 12. The number of pyridine rings is 2. The maximum atomic E-state index is 13.7. The van der Waals surface area contributed by atoms with Gasteiger partial charge < -0.3 is 44.9 Å². The van der Waals surface area contributed by atoms with Gasteiger partial charge >= 0.3 is 17.9 Å². The minimum absolute atomic E-state index is 0.0497. The zero-order chi connectivity index (χ0) is 49.3. The zero-order valence-corrected chi connectivity index (χ0v) is 39.3. The van der Waals surface area contributed by atoms with E-state index in [1.807, 2.05) is 30.0 Å². The molecule has 2 saturated heterocycles. The number of carboxylic acid groups (broad SMARTS) is 1. The lowest BCUT2D eigenvalue weighted by Crippen LogP contribution is -2.50. The smallest absolute Gasteiger partial charge is 0.345 e. The van der Waals surface area contributed by atoms with Crippen LogP contribution < -0.4 is 25.4 Å². The van der Waals surface area contributed by atoms with E-state index in [1.54, 1.807) is 85.7 Å². The van der Waals surface area contributed by atoms with E-state index in [4.69, 9.17) is 24.1 Å². The van der Waals surface area contributed by atoms with Gasteiger partial charge in [0.2, 0.25) is 0 Å². The Morgan fingerprint density at radius 2 is 1.07 bits per heavy atom. The summed E-state index contributed by atoms with van der Waals surface area (Å²) in [6.45, 7) is 5.50. The molecule has 6 heterocycles. The number of anilines is 2. The van der Waals surface area contributed by atoms with Gasteiger partial charge in [-0.3, -0.25) is 4.79 Å². The fourth-order valence-corrected chi connectivity index (χ4v) is 7.82. The summed E-state index contributed by atoms with van der Waals surface area (Å²) in [7, 11) is 5.68. The Kier molecular flexibility index (Phi) is 18.0. The van der Waals surface area contributed by atoms with Crippen molar-refractivity contribution in [3.63, 3.8) is 0 Å². The van der Waals surface area contributed by atoms with Gasteiger partial charge in [0.25, 0.3) is 5.91 Å². The molecule has 6 aromatic rings. The number of carboxylic acids is 1. The van der Waals surface area contributed by atoms with Gasteiger partial charge in [-0.1, -0.05) is 36.4 Å². The van der Waals surface area contributed by atoms with Crippen LogP contribution in [0, 0.1) is 0 Å². The summed E-state index contributed by atoms with van der Waals surface area (Å²) in [4.78, 5) is 76.0. The predicted octanol–water partition coefficient (Wildman–Crippen LogP) is 6.71. The molecule has 4 atom stereocenters. The van der Waals surface area contributed by atoms with Crippen LogP contribution in [0.5, 0.6) is 11.5 Å². The van der Waals surface area contributed by atoms with Gasteiger partial charge in [0.15, 0.2) is 11.6 Å². The van der Waals surface area contributed by atoms with Gasteiger partial charge in [-0.05, 0) is 75.9 Å². The molecule has 8 rings (SSSR count). The largest absolute Gasteiger partial charge is 0.496 e. The Bertz CT molecular complexity index is 2670. The number of aromatic nitrogens is 6. The van der Waals surface area contributed by atoms with Gasteiger partial charge in [0, 0.05) is 85.6 Å². The number of hydrogen-bond donors (Lipinski definition) is 4. The van der Waals surface area contributed by atoms with E-state index in [0.29, 0.717) is 69.6 Å². The number of ether oxygens (including phenoxy) is 4. The number of amides is 1. The van der Waals surface area contributed by atoms with Crippen molar-refractivity contribution in [1.82, 2.24) is 40.1 Å². The fraction of sp³-hybridized carbons (Fsp3) is 0.320. The molecule has 2 aliphatic rings. The molecule has 360 valence electrons. The van der Waals surface area contributed by atoms with Crippen molar-refractivity contribution in [2.24, 2.45) is 0 Å². The Labute approximate surface area is 400 Å². The number of likely N-dealkylation sites (tertiary alicyclic amines) is 1. The third-order valence-corrected chi connectivity index (χ3v) is 11.5. The summed E-state index contributed by atoms with van der Waals surface area (Å²) in [5.74, 6) is 0.603. The minimum atomic E-state index is -0.974. The Morgan fingerprint density at radius 1 is 0.594 bits per heavy atom. The lowest BCUT2D eigenvalue weighted by molar-refractivity contribution is 0.0587. The third kappa shape index (κ3) is 12.9. The maximum Gasteiger partial charge on any atom is 0.345 e. The molecule has 2 fully saturated rings. The second-order valence-corrected chi connectivity index (χ2v) is 16.0. The molecule has 4 N–H and O–H groups in total. The van der Waals surface area contributed by atoms with E-state index in [-0.39, 0.29) is 35.2 Å². The van der Waals surface area contributed by atoms with Crippen LogP contribution in [-0.4, -0.2) is 129 Å². The van der Waals surface area contributed by atoms with E-state index in [0.717, 1.165) is 32.2 Å². The van der Waals surface area contributed by atoms with Crippen LogP contribution in [0.1, 0.15) is 81.0 Å². The van der Waals surface area contributed by atoms with Gasteiger partial charge in [-0.25, -0.2) is 44.3 Å². The molecular formula is C50H56N10O9. The summed E-state index contributed by atoms with van der Waals surface area (Å²) in [5, 5.41) is 19.0. The number of carbonyl (C=O) groups is 4. The minimum Gasteiger partial charge on any atom is -0.496 e. The number of benzene rings is 2. The fourth-order valence-electron chi connectivity index (χ4n) is 7.82. The van der Waals surface area contributed by atoms with Gasteiger partial charge in [-0.2, -0.15) is 0 Å². The topological polar surface area (TPSA) is 242 Å². The summed E-state index contributed by atoms with van der Waals surface area (Å²) in [6.07, 6.45) is 13.4. The number of carbonyl (C=O) groups excluding carboxylic acids is 3. The van der Waals surface area contributed by atoms with E-state index in [1.165, 1.54) is 34.5 Å². The molecule has 1 amide bonds. The van der Waals surface area contributed by atoms with Crippen LogP contribution in [0.15, 0.2) is 110 Å². The standard InChI is InChI=1S/C25H27N5O4.C14H21N3O3.C11H8N2O2/c1-16-9-10-17(29-23-21(25(32)34-3)20(33-2)11-14-28-23)15-30(16)24(31)19-8-5-4-7-18(19)22-26-12-6-13-27-22;1-9-4-5-10(8-16-9)17-13-12(14(18)20-3)11(19-2)6-7-15-13;14-11(15)9-5-2-1-4-8(9)10-12-6-3-7-13-10/h4-8,11-14,16-17H,9-10,15H2,1-3H3,(H,28,29);6-7,9-10,16H,4-5,8H2,1-3H3,(H,15,17);1-7H,(H,14,15)/t16-,17-;9-,10-;/m11./s1. The van der Waals surface area contributed by atoms with E-state index < -0.39 is 17.9 Å². The van der Waals surface area contributed by atoms with Crippen molar-refractivity contribution in [2.45, 2.75) is 63.7 Å². The van der Waals surface area contributed by atoms with Crippen molar-refractivity contribution in [3.8, 4) is 34.3 Å². The van der Waals surface area contributed by atoms with Crippen LogP contribution >= 0.6 is 0 Å².